The minimum Gasteiger partial charge on any atom is -0.345 e. The third-order valence-corrected chi connectivity index (χ3v) is 4.48. The van der Waals surface area contributed by atoms with E-state index in [1.807, 2.05) is 18.2 Å². The quantitative estimate of drug-likeness (QED) is 0.870. The van der Waals surface area contributed by atoms with Crippen LogP contribution in [0.2, 0.25) is 5.02 Å². The minimum atomic E-state index is 0.504. The summed E-state index contributed by atoms with van der Waals surface area (Å²) in [5.41, 5.74) is 1.04. The van der Waals surface area contributed by atoms with Gasteiger partial charge in [-0.1, -0.05) is 22.9 Å². The van der Waals surface area contributed by atoms with Crippen LogP contribution in [-0.2, 0) is 0 Å². The van der Waals surface area contributed by atoms with Crippen molar-refractivity contribution in [2.45, 2.75) is 25.9 Å². The molecule has 0 unspecified atom stereocenters. The van der Waals surface area contributed by atoms with Gasteiger partial charge in [-0.3, -0.25) is 0 Å². The molecule has 0 radical (unpaired) electrons. The van der Waals surface area contributed by atoms with Crippen molar-refractivity contribution in [2.75, 3.05) is 18.0 Å². The Morgan fingerprint density at radius 1 is 1.33 bits per heavy atom. The fourth-order valence-electron chi connectivity index (χ4n) is 2.50. The van der Waals surface area contributed by atoms with Gasteiger partial charge in [0.25, 0.3) is 0 Å². The van der Waals surface area contributed by atoms with Crippen LogP contribution >= 0.6 is 22.9 Å². The van der Waals surface area contributed by atoms with Gasteiger partial charge in [-0.2, -0.15) is 0 Å². The van der Waals surface area contributed by atoms with Gasteiger partial charge in [-0.05, 0) is 32.0 Å². The SMILES string of the molecule is C[C@H]1CN(c2nc3ccc(Cl)cc3s2)C[C@H](C)N1. The molecular formula is C13H16ClN3S. The van der Waals surface area contributed by atoms with E-state index in [1.54, 1.807) is 11.3 Å². The first-order valence-electron chi connectivity index (χ1n) is 6.19. The van der Waals surface area contributed by atoms with E-state index in [0.717, 1.165) is 33.5 Å². The van der Waals surface area contributed by atoms with E-state index in [0.29, 0.717) is 12.1 Å². The van der Waals surface area contributed by atoms with Crippen LogP contribution in [0.15, 0.2) is 18.2 Å². The second-order valence-corrected chi connectivity index (χ2v) is 6.43. The van der Waals surface area contributed by atoms with Crippen LogP contribution in [0.25, 0.3) is 10.2 Å². The average Bonchev–Trinajstić information content (AvgIpc) is 2.70. The van der Waals surface area contributed by atoms with Crippen LogP contribution in [-0.4, -0.2) is 30.2 Å². The molecule has 2 heterocycles. The summed E-state index contributed by atoms with van der Waals surface area (Å²) in [6.07, 6.45) is 0. The molecule has 0 saturated carbocycles. The molecule has 2 atom stereocenters. The summed E-state index contributed by atoms with van der Waals surface area (Å²) in [4.78, 5) is 7.07. The van der Waals surface area contributed by atoms with Crippen LogP contribution in [0, 0.1) is 0 Å². The van der Waals surface area contributed by atoms with Gasteiger partial charge in [0.2, 0.25) is 0 Å². The Hall–Kier alpha value is -0.840. The maximum Gasteiger partial charge on any atom is 0.186 e. The fourth-order valence-corrected chi connectivity index (χ4v) is 3.76. The van der Waals surface area contributed by atoms with E-state index in [9.17, 15) is 0 Å². The molecule has 1 aromatic carbocycles. The predicted octanol–water partition coefficient (Wildman–Crippen LogP) is 3.14. The lowest BCUT2D eigenvalue weighted by Crippen LogP contribution is -2.54. The first-order valence-corrected chi connectivity index (χ1v) is 7.38. The van der Waals surface area contributed by atoms with E-state index in [1.165, 1.54) is 0 Å². The smallest absolute Gasteiger partial charge is 0.186 e. The lowest BCUT2D eigenvalue weighted by molar-refractivity contribution is 0.407. The number of fused-ring (bicyclic) bond motifs is 1. The van der Waals surface area contributed by atoms with Crippen molar-refractivity contribution in [3.63, 3.8) is 0 Å². The van der Waals surface area contributed by atoms with E-state index in [4.69, 9.17) is 16.6 Å². The van der Waals surface area contributed by atoms with Gasteiger partial charge in [0.15, 0.2) is 5.13 Å². The Balaban J connectivity index is 1.93. The molecular weight excluding hydrogens is 266 g/mol. The second kappa shape index (κ2) is 4.68. The Morgan fingerprint density at radius 2 is 2.06 bits per heavy atom. The number of nitrogens with one attached hydrogen (secondary N) is 1. The first-order chi connectivity index (χ1) is 8.61. The number of aromatic nitrogens is 1. The summed E-state index contributed by atoms with van der Waals surface area (Å²) in [5, 5.41) is 5.42. The van der Waals surface area contributed by atoms with E-state index in [-0.39, 0.29) is 0 Å². The summed E-state index contributed by atoms with van der Waals surface area (Å²) in [5.74, 6) is 0. The third kappa shape index (κ3) is 2.32. The maximum absolute atomic E-state index is 6.02. The number of anilines is 1. The molecule has 0 bridgehead atoms. The number of halogens is 1. The van der Waals surface area contributed by atoms with Crippen molar-refractivity contribution in [3.05, 3.63) is 23.2 Å². The summed E-state index contributed by atoms with van der Waals surface area (Å²) in [6.45, 7) is 6.45. The van der Waals surface area contributed by atoms with Gasteiger partial charge < -0.3 is 10.2 Å². The second-order valence-electron chi connectivity index (χ2n) is 4.98. The van der Waals surface area contributed by atoms with Gasteiger partial charge in [0.1, 0.15) is 0 Å². The molecule has 1 aliphatic heterocycles. The zero-order valence-electron chi connectivity index (χ0n) is 10.5. The molecule has 3 nitrogen and oxygen atoms in total. The highest BCUT2D eigenvalue weighted by atomic mass is 35.5. The highest BCUT2D eigenvalue weighted by Gasteiger charge is 2.23. The molecule has 18 heavy (non-hydrogen) atoms. The molecule has 0 aliphatic carbocycles. The zero-order chi connectivity index (χ0) is 12.7. The molecule has 1 saturated heterocycles. The lowest BCUT2D eigenvalue weighted by Gasteiger charge is -2.35. The Bertz CT molecular complexity index is 558. The number of hydrogen-bond acceptors (Lipinski definition) is 4. The average molecular weight is 282 g/mol. The zero-order valence-corrected chi connectivity index (χ0v) is 12.1. The topological polar surface area (TPSA) is 28.2 Å². The van der Waals surface area contributed by atoms with Crippen LogP contribution < -0.4 is 10.2 Å². The highest BCUT2D eigenvalue weighted by molar-refractivity contribution is 7.22. The molecule has 0 spiro atoms. The Kier molecular flexibility index (Phi) is 3.18. The summed E-state index contributed by atoms with van der Waals surface area (Å²) in [6, 6.07) is 6.89. The van der Waals surface area contributed by atoms with Gasteiger partial charge in [-0.15, -0.1) is 0 Å². The van der Waals surface area contributed by atoms with Crippen molar-refractivity contribution in [1.82, 2.24) is 10.3 Å². The largest absolute Gasteiger partial charge is 0.345 e. The number of nitrogens with zero attached hydrogens (tertiary/aromatic N) is 2. The van der Waals surface area contributed by atoms with Crippen molar-refractivity contribution >= 4 is 38.3 Å². The molecule has 3 rings (SSSR count). The highest BCUT2D eigenvalue weighted by Crippen LogP contribution is 2.31. The van der Waals surface area contributed by atoms with Crippen LogP contribution in [0.4, 0.5) is 5.13 Å². The van der Waals surface area contributed by atoms with Crippen LogP contribution in [0.5, 0.6) is 0 Å². The normalized spacial score (nSPS) is 24.7. The van der Waals surface area contributed by atoms with Crippen molar-refractivity contribution in [3.8, 4) is 0 Å². The van der Waals surface area contributed by atoms with Crippen LogP contribution in [0.1, 0.15) is 13.8 Å². The number of rotatable bonds is 1. The van der Waals surface area contributed by atoms with E-state index in [2.05, 4.69) is 24.1 Å². The first kappa shape index (κ1) is 12.2. The number of hydrogen-bond donors (Lipinski definition) is 1. The Morgan fingerprint density at radius 3 is 2.78 bits per heavy atom. The van der Waals surface area contributed by atoms with Crippen molar-refractivity contribution in [2.24, 2.45) is 0 Å². The van der Waals surface area contributed by atoms with Gasteiger partial charge in [0, 0.05) is 30.2 Å². The third-order valence-electron chi connectivity index (χ3n) is 3.17. The standard InChI is InChI=1S/C13H16ClN3S/c1-8-6-17(7-9(2)15-8)13-16-11-4-3-10(14)5-12(11)18-13/h3-5,8-9,15H,6-7H2,1-2H3/t8-,9-/m0/s1. The van der Waals surface area contributed by atoms with Gasteiger partial charge in [-0.25, -0.2) is 4.98 Å². The van der Waals surface area contributed by atoms with E-state index >= 15 is 0 Å². The minimum absolute atomic E-state index is 0.504. The monoisotopic (exact) mass is 281 g/mol. The molecule has 96 valence electrons. The van der Waals surface area contributed by atoms with Crippen molar-refractivity contribution < 1.29 is 0 Å². The lowest BCUT2D eigenvalue weighted by atomic mass is 10.2. The molecule has 1 aromatic heterocycles. The molecule has 1 N–H and O–H groups in total. The fraction of sp³-hybridized carbons (Fsp3) is 0.462. The van der Waals surface area contributed by atoms with Crippen molar-refractivity contribution in [1.29, 1.82) is 0 Å². The van der Waals surface area contributed by atoms with Gasteiger partial charge >= 0.3 is 0 Å². The van der Waals surface area contributed by atoms with Gasteiger partial charge in [0.05, 0.1) is 10.2 Å². The molecule has 2 aromatic rings. The Labute approximate surface area is 116 Å². The predicted molar refractivity (Wildman–Crippen MR) is 78.9 cm³/mol. The van der Waals surface area contributed by atoms with Crippen LogP contribution in [0.3, 0.4) is 0 Å². The number of thiazole rings is 1. The van der Waals surface area contributed by atoms with E-state index < -0.39 is 0 Å². The summed E-state index contributed by atoms with van der Waals surface area (Å²) >= 11 is 7.74. The number of benzene rings is 1. The molecule has 0 amide bonds. The molecule has 1 aliphatic rings. The number of piperazine rings is 1. The maximum atomic E-state index is 6.02. The summed E-state index contributed by atoms with van der Waals surface area (Å²) in [7, 11) is 0. The molecule has 1 fully saturated rings. The molecule has 5 heteroatoms. The summed E-state index contributed by atoms with van der Waals surface area (Å²) < 4.78 is 1.16.